The quantitative estimate of drug-likeness (QED) is 0.890. The molecule has 0 spiro atoms. The van der Waals surface area contributed by atoms with Crippen molar-refractivity contribution >= 4 is 10.0 Å². The third kappa shape index (κ3) is 3.28. The van der Waals surface area contributed by atoms with Gasteiger partial charge in [0.2, 0.25) is 10.0 Å². The van der Waals surface area contributed by atoms with E-state index in [1.165, 1.54) is 19.1 Å². The Balaban J connectivity index is 3.11. The summed E-state index contributed by atoms with van der Waals surface area (Å²) in [5.74, 6) is -0.783. The van der Waals surface area contributed by atoms with Gasteiger partial charge in [0, 0.05) is 6.04 Å². The van der Waals surface area contributed by atoms with Gasteiger partial charge in [-0.2, -0.15) is 5.26 Å². The van der Waals surface area contributed by atoms with Crippen LogP contribution in [0.1, 0.15) is 25.3 Å². The van der Waals surface area contributed by atoms with Gasteiger partial charge in [0.1, 0.15) is 10.7 Å². The van der Waals surface area contributed by atoms with E-state index in [0.717, 1.165) is 6.07 Å². The molecular weight excluding hydrogens is 255 g/mol. The fourth-order valence-corrected chi connectivity index (χ4v) is 3.24. The molecule has 0 aliphatic rings. The van der Waals surface area contributed by atoms with Gasteiger partial charge in [0.25, 0.3) is 0 Å². The van der Waals surface area contributed by atoms with Crippen molar-refractivity contribution in [1.82, 2.24) is 4.72 Å². The molecule has 0 saturated heterocycles. The Labute approximate surface area is 106 Å². The van der Waals surface area contributed by atoms with Crippen LogP contribution in [-0.2, 0) is 10.0 Å². The highest BCUT2D eigenvalue weighted by Crippen LogP contribution is 2.19. The minimum absolute atomic E-state index is 0.0588. The van der Waals surface area contributed by atoms with E-state index in [2.05, 4.69) is 4.72 Å². The van der Waals surface area contributed by atoms with E-state index < -0.39 is 21.9 Å². The number of benzene rings is 1. The fraction of sp³-hybridized carbons (Fsp3) is 0.417. The van der Waals surface area contributed by atoms with Gasteiger partial charge in [-0.3, -0.25) is 0 Å². The molecule has 1 aromatic carbocycles. The summed E-state index contributed by atoms with van der Waals surface area (Å²) < 4.78 is 40.1. The zero-order chi connectivity index (χ0) is 13.8. The minimum atomic E-state index is -3.93. The van der Waals surface area contributed by atoms with Gasteiger partial charge >= 0.3 is 0 Å². The number of nitrogens with one attached hydrogen (secondary N) is 1. The predicted octanol–water partition coefficient (Wildman–Crippen LogP) is 2.10. The Bertz CT molecular complexity index is 544. The summed E-state index contributed by atoms with van der Waals surface area (Å²) in [4.78, 5) is -0.346. The number of rotatable bonds is 5. The molecule has 1 rings (SSSR count). The highest BCUT2D eigenvalue weighted by Gasteiger charge is 2.24. The number of hydrogen-bond donors (Lipinski definition) is 1. The summed E-state index contributed by atoms with van der Waals surface area (Å²) >= 11 is 0. The van der Waals surface area contributed by atoms with Crippen molar-refractivity contribution in [2.45, 2.75) is 37.6 Å². The number of halogens is 1. The van der Waals surface area contributed by atoms with Crippen LogP contribution >= 0.6 is 0 Å². The summed E-state index contributed by atoms with van der Waals surface area (Å²) in [5, 5.41) is 8.59. The number of hydrogen-bond acceptors (Lipinski definition) is 3. The molecule has 0 fully saturated rings. The number of sulfonamides is 1. The van der Waals surface area contributed by atoms with Crippen molar-refractivity contribution in [3.63, 3.8) is 0 Å². The number of nitriles is 1. The fourth-order valence-electron chi connectivity index (χ4n) is 1.61. The third-order valence-electron chi connectivity index (χ3n) is 2.58. The third-order valence-corrected chi connectivity index (χ3v) is 4.28. The lowest BCUT2D eigenvalue weighted by atomic mass is 10.2. The van der Waals surface area contributed by atoms with Gasteiger partial charge < -0.3 is 0 Å². The smallest absolute Gasteiger partial charge is 0.207 e. The molecule has 98 valence electrons. The molecule has 0 aromatic heterocycles. The van der Waals surface area contributed by atoms with Crippen LogP contribution in [0.3, 0.4) is 0 Å². The average Bonchev–Trinajstić information content (AvgIpc) is 2.27. The van der Waals surface area contributed by atoms with Crippen molar-refractivity contribution in [2.75, 3.05) is 0 Å². The molecule has 0 bridgehead atoms. The van der Waals surface area contributed by atoms with E-state index in [1.54, 1.807) is 6.92 Å². The van der Waals surface area contributed by atoms with E-state index in [4.69, 9.17) is 5.26 Å². The van der Waals surface area contributed by atoms with Gasteiger partial charge in [-0.1, -0.05) is 19.1 Å². The van der Waals surface area contributed by atoms with Crippen molar-refractivity contribution in [1.29, 1.82) is 5.26 Å². The van der Waals surface area contributed by atoms with Gasteiger partial charge in [-0.05, 0) is 25.0 Å². The van der Waals surface area contributed by atoms with Crippen molar-refractivity contribution in [3.05, 3.63) is 29.6 Å². The van der Waals surface area contributed by atoms with Gasteiger partial charge in [0.15, 0.2) is 0 Å². The average molecular weight is 270 g/mol. The van der Waals surface area contributed by atoms with Crippen LogP contribution < -0.4 is 4.72 Å². The van der Waals surface area contributed by atoms with Crippen LogP contribution in [-0.4, -0.2) is 14.5 Å². The van der Waals surface area contributed by atoms with E-state index in [1.807, 2.05) is 6.07 Å². The first-order valence-corrected chi connectivity index (χ1v) is 7.05. The monoisotopic (exact) mass is 270 g/mol. The van der Waals surface area contributed by atoms with Crippen LogP contribution in [0.4, 0.5) is 4.39 Å². The van der Waals surface area contributed by atoms with E-state index in [9.17, 15) is 12.8 Å². The topological polar surface area (TPSA) is 70.0 Å². The molecule has 0 aliphatic carbocycles. The molecule has 1 N–H and O–H groups in total. The molecule has 6 heteroatoms. The second kappa shape index (κ2) is 5.94. The molecule has 1 atom stereocenters. The van der Waals surface area contributed by atoms with Crippen molar-refractivity contribution in [2.24, 2.45) is 0 Å². The Kier molecular flexibility index (Phi) is 4.82. The maximum absolute atomic E-state index is 13.6. The van der Waals surface area contributed by atoms with E-state index in [0.29, 0.717) is 12.0 Å². The van der Waals surface area contributed by atoms with E-state index >= 15 is 0 Å². The Morgan fingerprint density at radius 3 is 2.67 bits per heavy atom. The molecule has 1 unspecified atom stereocenters. The standard InChI is InChI=1S/C12H15FN2O2S/c1-3-10(7-8-14)15-18(16,17)12-9(2)5-4-6-11(12)13/h4-6,10,15H,3,7H2,1-2H3. The van der Waals surface area contributed by atoms with Gasteiger partial charge in [0.05, 0.1) is 12.5 Å². The SMILES string of the molecule is CCC(CC#N)NS(=O)(=O)c1c(C)cccc1F. The number of aryl methyl sites for hydroxylation is 1. The highest BCUT2D eigenvalue weighted by molar-refractivity contribution is 7.89. The molecule has 0 aliphatic heterocycles. The lowest BCUT2D eigenvalue weighted by Crippen LogP contribution is -2.35. The van der Waals surface area contributed by atoms with Crippen LogP contribution in [0.2, 0.25) is 0 Å². The first-order chi connectivity index (χ1) is 8.42. The maximum atomic E-state index is 13.6. The zero-order valence-electron chi connectivity index (χ0n) is 10.3. The minimum Gasteiger partial charge on any atom is -0.207 e. The summed E-state index contributed by atoms with van der Waals surface area (Å²) in [7, 11) is -3.93. The lowest BCUT2D eigenvalue weighted by Gasteiger charge is -2.15. The molecular formula is C12H15FN2O2S. The largest absolute Gasteiger partial charge is 0.244 e. The molecule has 0 saturated carbocycles. The summed E-state index contributed by atoms with van der Waals surface area (Å²) in [6, 6.07) is 5.49. The van der Waals surface area contributed by atoms with Crippen LogP contribution in [0.15, 0.2) is 23.1 Å². The Hall–Kier alpha value is -1.45. The van der Waals surface area contributed by atoms with Crippen LogP contribution in [0.25, 0.3) is 0 Å². The van der Waals surface area contributed by atoms with Gasteiger partial charge in [-0.25, -0.2) is 17.5 Å². The number of nitrogens with zero attached hydrogens (tertiary/aromatic N) is 1. The normalized spacial score (nSPS) is 13.0. The van der Waals surface area contributed by atoms with Gasteiger partial charge in [-0.15, -0.1) is 0 Å². The molecule has 0 amide bonds. The van der Waals surface area contributed by atoms with E-state index in [-0.39, 0.29) is 11.3 Å². The maximum Gasteiger partial charge on any atom is 0.244 e. The molecule has 4 nitrogen and oxygen atoms in total. The molecule has 0 heterocycles. The van der Waals surface area contributed by atoms with Crippen molar-refractivity contribution < 1.29 is 12.8 Å². The zero-order valence-corrected chi connectivity index (χ0v) is 11.1. The predicted molar refractivity (Wildman–Crippen MR) is 65.8 cm³/mol. The molecule has 18 heavy (non-hydrogen) atoms. The second-order valence-corrected chi connectivity index (χ2v) is 5.63. The Morgan fingerprint density at radius 1 is 1.50 bits per heavy atom. The summed E-state index contributed by atoms with van der Waals surface area (Å²) in [6.07, 6.45) is 0.531. The highest BCUT2D eigenvalue weighted by atomic mass is 32.2. The summed E-state index contributed by atoms with van der Waals surface area (Å²) in [6.45, 7) is 3.29. The lowest BCUT2D eigenvalue weighted by molar-refractivity contribution is 0.529. The first-order valence-electron chi connectivity index (χ1n) is 5.56. The van der Waals surface area contributed by atoms with Crippen molar-refractivity contribution in [3.8, 4) is 6.07 Å². The first kappa shape index (κ1) is 14.6. The second-order valence-electron chi connectivity index (χ2n) is 3.97. The molecule has 1 aromatic rings. The Morgan fingerprint density at radius 2 is 2.17 bits per heavy atom. The molecule has 0 radical (unpaired) electrons. The summed E-state index contributed by atoms with van der Waals surface area (Å²) in [5.41, 5.74) is 0.342. The van der Waals surface area contributed by atoms with Crippen LogP contribution in [0.5, 0.6) is 0 Å². The van der Waals surface area contributed by atoms with Crippen LogP contribution in [0, 0.1) is 24.1 Å².